The van der Waals surface area contributed by atoms with Crippen molar-refractivity contribution in [3.63, 3.8) is 0 Å². The van der Waals surface area contributed by atoms with Crippen molar-refractivity contribution >= 4 is 52.2 Å². The fraction of sp³-hybridized carbons (Fsp3) is 0.0667. The Kier molecular flexibility index (Phi) is 5.13. The van der Waals surface area contributed by atoms with Gasteiger partial charge < -0.3 is 0 Å². The van der Waals surface area contributed by atoms with Crippen LogP contribution in [-0.2, 0) is 0 Å². The molecule has 0 aliphatic heterocycles. The highest BCUT2D eigenvalue weighted by Crippen LogP contribution is 2.36. The Morgan fingerprint density at radius 2 is 1.33 bits per heavy atom. The zero-order valence-corrected chi connectivity index (χ0v) is 13.4. The SMILES string of the molecule is N#CC(C(=O)c1c(Cl)cccc1Cl)c1c(Cl)cccc1Cl. The van der Waals surface area contributed by atoms with Crippen LogP contribution in [0.4, 0.5) is 0 Å². The molecule has 2 aromatic rings. The summed E-state index contributed by atoms with van der Waals surface area (Å²) in [5.74, 6) is -1.72. The van der Waals surface area contributed by atoms with Crippen LogP contribution in [0, 0.1) is 11.3 Å². The highest BCUT2D eigenvalue weighted by molar-refractivity contribution is 6.41. The molecule has 0 aliphatic rings. The monoisotopic (exact) mass is 357 g/mol. The van der Waals surface area contributed by atoms with E-state index in [1.807, 2.05) is 6.07 Å². The van der Waals surface area contributed by atoms with Gasteiger partial charge in [-0.25, -0.2) is 0 Å². The first-order valence-electron chi connectivity index (χ1n) is 5.79. The van der Waals surface area contributed by atoms with Crippen LogP contribution in [0.1, 0.15) is 21.8 Å². The molecule has 0 saturated heterocycles. The van der Waals surface area contributed by atoms with Gasteiger partial charge in [-0.05, 0) is 24.3 Å². The van der Waals surface area contributed by atoms with Gasteiger partial charge in [0.25, 0.3) is 0 Å². The summed E-state index contributed by atoms with van der Waals surface area (Å²) < 4.78 is 0. The Labute approximate surface area is 141 Å². The lowest BCUT2D eigenvalue weighted by Crippen LogP contribution is -2.13. The van der Waals surface area contributed by atoms with E-state index in [9.17, 15) is 10.1 Å². The van der Waals surface area contributed by atoms with Gasteiger partial charge in [0.05, 0.1) is 21.7 Å². The molecular formula is C15H7Cl4NO. The summed E-state index contributed by atoms with van der Waals surface area (Å²) in [6.07, 6.45) is 0. The van der Waals surface area contributed by atoms with Crippen molar-refractivity contribution in [3.05, 3.63) is 67.6 Å². The second kappa shape index (κ2) is 6.68. The second-order valence-electron chi connectivity index (χ2n) is 4.16. The smallest absolute Gasteiger partial charge is 0.187 e. The summed E-state index contributed by atoms with van der Waals surface area (Å²) in [5.41, 5.74) is 0.340. The summed E-state index contributed by atoms with van der Waals surface area (Å²) in [4.78, 5) is 12.6. The van der Waals surface area contributed by atoms with E-state index in [0.717, 1.165) is 0 Å². The third-order valence-corrected chi connectivity index (χ3v) is 4.18. The Bertz CT molecular complexity index is 711. The average Bonchev–Trinajstić information content (AvgIpc) is 2.42. The molecule has 0 aromatic heterocycles. The van der Waals surface area contributed by atoms with Gasteiger partial charge in [-0.2, -0.15) is 5.26 Å². The molecule has 0 aliphatic carbocycles. The van der Waals surface area contributed by atoms with Crippen molar-refractivity contribution in [2.24, 2.45) is 0 Å². The van der Waals surface area contributed by atoms with Gasteiger partial charge in [-0.15, -0.1) is 0 Å². The molecular weight excluding hydrogens is 352 g/mol. The van der Waals surface area contributed by atoms with Crippen molar-refractivity contribution < 1.29 is 4.79 Å². The molecule has 0 amide bonds. The largest absolute Gasteiger partial charge is 0.292 e. The van der Waals surface area contributed by atoms with E-state index in [2.05, 4.69) is 0 Å². The Balaban J connectivity index is 2.58. The van der Waals surface area contributed by atoms with Crippen LogP contribution in [0.5, 0.6) is 0 Å². The van der Waals surface area contributed by atoms with E-state index in [0.29, 0.717) is 0 Å². The van der Waals surface area contributed by atoms with Gasteiger partial charge in [0.2, 0.25) is 0 Å². The quantitative estimate of drug-likeness (QED) is 0.651. The van der Waals surface area contributed by atoms with E-state index >= 15 is 0 Å². The first kappa shape index (κ1) is 16.1. The van der Waals surface area contributed by atoms with E-state index in [1.54, 1.807) is 24.3 Å². The molecule has 21 heavy (non-hydrogen) atoms. The third kappa shape index (κ3) is 3.17. The summed E-state index contributed by atoms with van der Waals surface area (Å²) in [7, 11) is 0. The van der Waals surface area contributed by atoms with E-state index < -0.39 is 11.7 Å². The number of rotatable bonds is 3. The first-order valence-corrected chi connectivity index (χ1v) is 7.30. The minimum atomic E-state index is -1.18. The number of nitrogens with zero attached hydrogens (tertiary/aromatic N) is 1. The van der Waals surface area contributed by atoms with Gasteiger partial charge >= 0.3 is 0 Å². The number of ketones is 1. The molecule has 0 N–H and O–H groups in total. The maximum Gasteiger partial charge on any atom is 0.187 e. The number of hydrogen-bond donors (Lipinski definition) is 0. The lowest BCUT2D eigenvalue weighted by atomic mass is 9.91. The normalized spacial score (nSPS) is 11.8. The number of hydrogen-bond acceptors (Lipinski definition) is 2. The average molecular weight is 359 g/mol. The summed E-state index contributed by atoms with van der Waals surface area (Å²) in [6.45, 7) is 0. The van der Waals surface area contributed by atoms with Crippen LogP contribution in [0.2, 0.25) is 20.1 Å². The van der Waals surface area contributed by atoms with Crippen LogP contribution < -0.4 is 0 Å². The molecule has 0 heterocycles. The molecule has 0 fully saturated rings. The summed E-state index contributed by atoms with van der Waals surface area (Å²) >= 11 is 24.1. The fourth-order valence-corrected chi connectivity index (χ4v) is 3.12. The minimum Gasteiger partial charge on any atom is -0.292 e. The lowest BCUT2D eigenvalue weighted by molar-refractivity contribution is 0.0979. The van der Waals surface area contributed by atoms with Crippen LogP contribution in [-0.4, -0.2) is 5.78 Å². The fourth-order valence-electron chi connectivity index (χ4n) is 1.92. The zero-order chi connectivity index (χ0) is 15.6. The van der Waals surface area contributed by atoms with Crippen molar-refractivity contribution in [2.45, 2.75) is 5.92 Å². The maximum atomic E-state index is 12.6. The molecule has 0 spiro atoms. The molecule has 0 bridgehead atoms. The maximum absolute atomic E-state index is 12.6. The lowest BCUT2D eigenvalue weighted by Gasteiger charge is -2.14. The topological polar surface area (TPSA) is 40.9 Å². The van der Waals surface area contributed by atoms with Gasteiger partial charge in [0, 0.05) is 15.6 Å². The third-order valence-electron chi connectivity index (χ3n) is 2.89. The highest BCUT2D eigenvalue weighted by Gasteiger charge is 2.29. The number of benzene rings is 2. The van der Waals surface area contributed by atoms with Gasteiger partial charge in [-0.1, -0.05) is 58.5 Å². The molecule has 1 unspecified atom stereocenters. The molecule has 2 rings (SSSR count). The van der Waals surface area contributed by atoms with Gasteiger partial charge in [0.1, 0.15) is 5.92 Å². The molecule has 106 valence electrons. The van der Waals surface area contributed by atoms with Crippen LogP contribution in [0.25, 0.3) is 0 Å². The zero-order valence-electron chi connectivity index (χ0n) is 10.4. The number of nitriles is 1. The number of carbonyl (C=O) groups is 1. The molecule has 2 aromatic carbocycles. The molecule has 2 nitrogen and oxygen atoms in total. The van der Waals surface area contributed by atoms with Crippen molar-refractivity contribution in [3.8, 4) is 6.07 Å². The Morgan fingerprint density at radius 3 is 1.76 bits per heavy atom. The van der Waals surface area contributed by atoms with E-state index in [-0.39, 0.29) is 31.2 Å². The van der Waals surface area contributed by atoms with E-state index in [1.165, 1.54) is 12.1 Å². The Hall–Kier alpha value is -1.24. The van der Waals surface area contributed by atoms with Crippen LogP contribution in [0.15, 0.2) is 36.4 Å². The molecule has 1 atom stereocenters. The molecule has 0 saturated carbocycles. The first-order chi connectivity index (χ1) is 9.97. The second-order valence-corrected chi connectivity index (χ2v) is 5.79. The van der Waals surface area contributed by atoms with Crippen LogP contribution in [0.3, 0.4) is 0 Å². The predicted molar refractivity (Wildman–Crippen MR) is 85.6 cm³/mol. The minimum absolute atomic E-state index is 0.0865. The highest BCUT2D eigenvalue weighted by atomic mass is 35.5. The molecule has 6 heteroatoms. The van der Waals surface area contributed by atoms with Crippen molar-refractivity contribution in [2.75, 3.05) is 0 Å². The van der Waals surface area contributed by atoms with Crippen molar-refractivity contribution in [1.82, 2.24) is 0 Å². The Morgan fingerprint density at radius 1 is 0.905 bits per heavy atom. The van der Waals surface area contributed by atoms with E-state index in [4.69, 9.17) is 46.4 Å². The molecule has 0 radical (unpaired) electrons. The van der Waals surface area contributed by atoms with Gasteiger partial charge in [0.15, 0.2) is 5.78 Å². The van der Waals surface area contributed by atoms with Crippen molar-refractivity contribution in [1.29, 1.82) is 5.26 Å². The number of carbonyl (C=O) groups excluding carboxylic acids is 1. The number of Topliss-reactive ketones (excluding diaryl/α,β-unsaturated/α-hetero) is 1. The van der Waals surface area contributed by atoms with Crippen LogP contribution >= 0.6 is 46.4 Å². The van der Waals surface area contributed by atoms with Gasteiger partial charge in [-0.3, -0.25) is 4.79 Å². The summed E-state index contributed by atoms with van der Waals surface area (Å²) in [6, 6.07) is 11.4. The predicted octanol–water partition coefficient (Wildman–Crippen LogP) is 5.79. The number of halogens is 4. The summed E-state index contributed by atoms with van der Waals surface area (Å²) in [5, 5.41) is 10.2. The standard InChI is InChI=1S/C15H7Cl4NO/c16-9-3-1-4-10(17)13(9)8(7-20)15(21)14-11(18)5-2-6-12(14)19/h1-6,8H.